The lowest BCUT2D eigenvalue weighted by Crippen LogP contribution is -2.23. The SMILES string of the molecule is CN(C)CCOC(=O)C(c1ccccc1)c1ccccc1. The number of carbonyl (C=O) groups excluding carboxylic acids is 1. The molecule has 2 aromatic rings. The number of hydrogen-bond donors (Lipinski definition) is 0. The molecular formula is C18H21NO2. The van der Waals surface area contributed by atoms with Crippen LogP contribution < -0.4 is 0 Å². The molecule has 21 heavy (non-hydrogen) atoms. The molecule has 0 fully saturated rings. The molecule has 2 aromatic carbocycles. The molecule has 0 bridgehead atoms. The Morgan fingerprint density at radius 2 is 1.43 bits per heavy atom. The number of rotatable bonds is 6. The van der Waals surface area contributed by atoms with E-state index >= 15 is 0 Å². The molecule has 0 aromatic heterocycles. The third-order valence-electron chi connectivity index (χ3n) is 3.28. The quantitative estimate of drug-likeness (QED) is 0.763. The number of hydrogen-bond acceptors (Lipinski definition) is 3. The van der Waals surface area contributed by atoms with E-state index in [1.165, 1.54) is 0 Å². The smallest absolute Gasteiger partial charge is 0.317 e. The highest BCUT2D eigenvalue weighted by Crippen LogP contribution is 2.25. The fourth-order valence-electron chi connectivity index (χ4n) is 2.17. The summed E-state index contributed by atoms with van der Waals surface area (Å²) in [6.07, 6.45) is 0. The Morgan fingerprint density at radius 1 is 0.952 bits per heavy atom. The molecule has 0 aliphatic heterocycles. The van der Waals surface area contributed by atoms with Crippen molar-refractivity contribution in [2.24, 2.45) is 0 Å². The van der Waals surface area contributed by atoms with Crippen LogP contribution in [0.15, 0.2) is 60.7 Å². The average Bonchev–Trinajstić information content (AvgIpc) is 2.49. The number of carbonyl (C=O) groups is 1. The van der Waals surface area contributed by atoms with Gasteiger partial charge in [0.2, 0.25) is 0 Å². The Kier molecular flexibility index (Phi) is 5.52. The summed E-state index contributed by atoms with van der Waals surface area (Å²) in [5, 5.41) is 0. The van der Waals surface area contributed by atoms with Gasteiger partial charge in [0.25, 0.3) is 0 Å². The summed E-state index contributed by atoms with van der Waals surface area (Å²) in [7, 11) is 3.92. The van der Waals surface area contributed by atoms with E-state index in [0.29, 0.717) is 6.61 Å². The van der Waals surface area contributed by atoms with E-state index in [2.05, 4.69) is 0 Å². The van der Waals surface area contributed by atoms with Crippen LogP contribution in [-0.4, -0.2) is 38.1 Å². The second-order valence-corrected chi connectivity index (χ2v) is 5.23. The van der Waals surface area contributed by atoms with Crippen LogP contribution in [0.25, 0.3) is 0 Å². The molecule has 0 amide bonds. The van der Waals surface area contributed by atoms with Gasteiger partial charge < -0.3 is 9.64 Å². The van der Waals surface area contributed by atoms with Crippen LogP contribution in [-0.2, 0) is 9.53 Å². The van der Waals surface area contributed by atoms with Gasteiger partial charge in [-0.3, -0.25) is 4.79 Å². The monoisotopic (exact) mass is 283 g/mol. The van der Waals surface area contributed by atoms with Gasteiger partial charge in [-0.2, -0.15) is 0 Å². The second kappa shape index (κ2) is 7.60. The summed E-state index contributed by atoms with van der Waals surface area (Å²) in [6.45, 7) is 1.13. The highest BCUT2D eigenvalue weighted by atomic mass is 16.5. The number of ether oxygens (including phenoxy) is 1. The van der Waals surface area contributed by atoms with Gasteiger partial charge in [-0.05, 0) is 25.2 Å². The van der Waals surface area contributed by atoms with Crippen molar-refractivity contribution in [3.05, 3.63) is 71.8 Å². The lowest BCUT2D eigenvalue weighted by Gasteiger charge is -2.18. The van der Waals surface area contributed by atoms with Crippen molar-refractivity contribution in [2.45, 2.75) is 5.92 Å². The fraction of sp³-hybridized carbons (Fsp3) is 0.278. The normalized spacial score (nSPS) is 10.9. The zero-order valence-electron chi connectivity index (χ0n) is 12.5. The molecule has 0 heterocycles. The molecule has 3 heteroatoms. The Labute approximate surface area is 126 Å². The second-order valence-electron chi connectivity index (χ2n) is 5.23. The molecule has 0 unspecified atom stereocenters. The van der Waals surface area contributed by atoms with Crippen molar-refractivity contribution in [3.63, 3.8) is 0 Å². The van der Waals surface area contributed by atoms with E-state index in [0.717, 1.165) is 17.7 Å². The summed E-state index contributed by atoms with van der Waals surface area (Å²) < 4.78 is 5.44. The van der Waals surface area contributed by atoms with Crippen LogP contribution in [0.3, 0.4) is 0 Å². The Morgan fingerprint density at radius 3 is 1.86 bits per heavy atom. The van der Waals surface area contributed by atoms with Crippen molar-refractivity contribution >= 4 is 5.97 Å². The zero-order valence-corrected chi connectivity index (χ0v) is 12.5. The standard InChI is InChI=1S/C18H21NO2/c1-19(2)13-14-21-18(20)17(15-9-5-3-6-10-15)16-11-7-4-8-12-16/h3-12,17H,13-14H2,1-2H3. The first-order valence-electron chi connectivity index (χ1n) is 7.09. The van der Waals surface area contributed by atoms with Crippen LogP contribution in [0.2, 0.25) is 0 Å². The van der Waals surface area contributed by atoms with Crippen LogP contribution in [0, 0.1) is 0 Å². The first-order valence-corrected chi connectivity index (χ1v) is 7.09. The maximum absolute atomic E-state index is 12.5. The Hall–Kier alpha value is -2.13. The van der Waals surface area contributed by atoms with Gasteiger partial charge in [-0.15, -0.1) is 0 Å². The van der Waals surface area contributed by atoms with E-state index in [1.807, 2.05) is 79.7 Å². The van der Waals surface area contributed by atoms with Gasteiger partial charge in [-0.25, -0.2) is 0 Å². The van der Waals surface area contributed by atoms with E-state index in [4.69, 9.17) is 4.74 Å². The summed E-state index contributed by atoms with van der Waals surface area (Å²) in [6, 6.07) is 19.5. The minimum Gasteiger partial charge on any atom is -0.464 e. The molecule has 0 saturated carbocycles. The van der Waals surface area contributed by atoms with Crippen LogP contribution in [0.5, 0.6) is 0 Å². The van der Waals surface area contributed by atoms with Crippen molar-refractivity contribution in [3.8, 4) is 0 Å². The van der Waals surface area contributed by atoms with E-state index in [1.54, 1.807) is 0 Å². The summed E-state index contributed by atoms with van der Waals surface area (Å²) >= 11 is 0. The van der Waals surface area contributed by atoms with Crippen molar-refractivity contribution in [2.75, 3.05) is 27.2 Å². The maximum atomic E-state index is 12.5. The molecule has 0 saturated heterocycles. The Balaban J connectivity index is 2.19. The van der Waals surface area contributed by atoms with Gasteiger partial charge in [-0.1, -0.05) is 60.7 Å². The molecule has 0 aliphatic carbocycles. The molecular weight excluding hydrogens is 262 g/mol. The van der Waals surface area contributed by atoms with Crippen molar-refractivity contribution in [1.29, 1.82) is 0 Å². The molecule has 2 rings (SSSR count). The summed E-state index contributed by atoms with van der Waals surface area (Å²) in [4.78, 5) is 14.5. The highest BCUT2D eigenvalue weighted by molar-refractivity contribution is 5.82. The van der Waals surface area contributed by atoms with Gasteiger partial charge in [0.15, 0.2) is 0 Å². The number of likely N-dealkylation sites (N-methyl/N-ethyl adjacent to an activating group) is 1. The average molecular weight is 283 g/mol. The van der Waals surface area contributed by atoms with Gasteiger partial charge in [0.1, 0.15) is 12.5 Å². The fourth-order valence-corrected chi connectivity index (χ4v) is 2.17. The molecule has 0 radical (unpaired) electrons. The minimum atomic E-state index is -0.366. The molecule has 0 aliphatic rings. The van der Waals surface area contributed by atoms with Crippen molar-refractivity contribution in [1.82, 2.24) is 4.90 Å². The van der Waals surface area contributed by atoms with Gasteiger partial charge in [0.05, 0.1) is 0 Å². The van der Waals surface area contributed by atoms with E-state index in [-0.39, 0.29) is 11.9 Å². The molecule has 0 spiro atoms. The first-order chi connectivity index (χ1) is 10.2. The van der Waals surface area contributed by atoms with Crippen LogP contribution in [0.1, 0.15) is 17.0 Å². The number of benzene rings is 2. The van der Waals surface area contributed by atoms with Gasteiger partial charge >= 0.3 is 5.97 Å². The van der Waals surface area contributed by atoms with E-state index in [9.17, 15) is 4.79 Å². The van der Waals surface area contributed by atoms with Crippen LogP contribution in [0.4, 0.5) is 0 Å². The molecule has 3 nitrogen and oxygen atoms in total. The lowest BCUT2D eigenvalue weighted by molar-refractivity contribution is -0.144. The molecule has 110 valence electrons. The first kappa shape index (κ1) is 15.3. The summed E-state index contributed by atoms with van der Waals surface area (Å²) in [5.74, 6) is -0.566. The largest absolute Gasteiger partial charge is 0.464 e. The lowest BCUT2D eigenvalue weighted by atomic mass is 9.91. The highest BCUT2D eigenvalue weighted by Gasteiger charge is 2.23. The van der Waals surface area contributed by atoms with Crippen molar-refractivity contribution < 1.29 is 9.53 Å². The van der Waals surface area contributed by atoms with Crippen LogP contribution >= 0.6 is 0 Å². The third-order valence-corrected chi connectivity index (χ3v) is 3.28. The van der Waals surface area contributed by atoms with Gasteiger partial charge in [0, 0.05) is 6.54 Å². The predicted octanol–water partition coefficient (Wildman–Crippen LogP) is 2.92. The number of nitrogens with zero attached hydrogens (tertiary/aromatic N) is 1. The minimum absolute atomic E-state index is 0.200. The zero-order chi connectivity index (χ0) is 15.1. The summed E-state index contributed by atoms with van der Waals surface area (Å²) in [5.41, 5.74) is 1.91. The predicted molar refractivity (Wildman–Crippen MR) is 84.2 cm³/mol. The third kappa shape index (κ3) is 4.43. The molecule has 0 N–H and O–H groups in total. The number of esters is 1. The van der Waals surface area contributed by atoms with E-state index < -0.39 is 0 Å². The topological polar surface area (TPSA) is 29.5 Å². The maximum Gasteiger partial charge on any atom is 0.317 e. The Bertz CT molecular complexity index is 512. The molecule has 0 atom stereocenters.